The maximum atomic E-state index is 12.5. The lowest BCUT2D eigenvalue weighted by atomic mass is 9.83. The maximum Gasteiger partial charge on any atom is 0.394 e. The van der Waals surface area contributed by atoms with Crippen LogP contribution < -0.4 is 5.32 Å². The predicted molar refractivity (Wildman–Crippen MR) is 45.9 cm³/mol. The monoisotopic (exact) mass is 215 g/mol. The molecule has 0 aromatic carbocycles. The molecule has 0 radical (unpaired) electrons. The van der Waals surface area contributed by atoms with Gasteiger partial charge in [-0.15, -0.1) is 11.6 Å². The van der Waals surface area contributed by atoms with Crippen LogP contribution in [0.1, 0.15) is 19.3 Å². The van der Waals surface area contributed by atoms with Crippen LogP contribution in [0.3, 0.4) is 0 Å². The fourth-order valence-electron chi connectivity index (χ4n) is 1.90. The molecule has 1 fully saturated rings. The second-order valence-corrected chi connectivity index (χ2v) is 3.97. The third kappa shape index (κ3) is 2.50. The Morgan fingerprint density at radius 3 is 2.31 bits per heavy atom. The summed E-state index contributed by atoms with van der Waals surface area (Å²) in [5.41, 5.74) is 0. The zero-order chi connectivity index (χ0) is 10.1. The first kappa shape index (κ1) is 11.1. The van der Waals surface area contributed by atoms with Crippen molar-refractivity contribution in [3.63, 3.8) is 0 Å². The van der Waals surface area contributed by atoms with Crippen molar-refractivity contribution in [2.75, 3.05) is 7.05 Å². The van der Waals surface area contributed by atoms with Crippen molar-refractivity contribution >= 4 is 11.6 Å². The van der Waals surface area contributed by atoms with Crippen molar-refractivity contribution in [3.05, 3.63) is 0 Å². The molecule has 3 unspecified atom stereocenters. The quantitative estimate of drug-likeness (QED) is 0.663. The number of hydrogen-bond acceptors (Lipinski definition) is 1. The van der Waals surface area contributed by atoms with Gasteiger partial charge in [0.1, 0.15) is 0 Å². The molecule has 0 saturated heterocycles. The molecule has 1 saturated carbocycles. The lowest BCUT2D eigenvalue weighted by Gasteiger charge is -2.36. The summed E-state index contributed by atoms with van der Waals surface area (Å²) in [5.74, 6) is -1.40. The van der Waals surface area contributed by atoms with E-state index in [2.05, 4.69) is 5.32 Å². The first-order valence-electron chi connectivity index (χ1n) is 4.35. The van der Waals surface area contributed by atoms with E-state index in [1.165, 1.54) is 0 Å². The zero-order valence-corrected chi connectivity index (χ0v) is 8.12. The molecule has 0 bridgehead atoms. The number of halogens is 4. The van der Waals surface area contributed by atoms with Gasteiger partial charge >= 0.3 is 6.18 Å². The van der Waals surface area contributed by atoms with Gasteiger partial charge in [-0.2, -0.15) is 13.2 Å². The molecule has 0 spiro atoms. The Kier molecular flexibility index (Phi) is 3.46. The average molecular weight is 216 g/mol. The van der Waals surface area contributed by atoms with Crippen molar-refractivity contribution in [1.29, 1.82) is 0 Å². The van der Waals surface area contributed by atoms with Crippen molar-refractivity contribution in [2.45, 2.75) is 36.9 Å². The summed E-state index contributed by atoms with van der Waals surface area (Å²) < 4.78 is 37.5. The van der Waals surface area contributed by atoms with E-state index in [0.29, 0.717) is 12.8 Å². The lowest BCUT2D eigenvalue weighted by Crippen LogP contribution is -2.49. The second kappa shape index (κ2) is 4.05. The van der Waals surface area contributed by atoms with Crippen LogP contribution in [0.15, 0.2) is 0 Å². The number of alkyl halides is 4. The van der Waals surface area contributed by atoms with E-state index in [0.717, 1.165) is 6.42 Å². The molecule has 1 rings (SSSR count). The van der Waals surface area contributed by atoms with Gasteiger partial charge in [-0.3, -0.25) is 0 Å². The molecule has 0 aromatic heterocycles. The van der Waals surface area contributed by atoms with Crippen molar-refractivity contribution in [3.8, 4) is 0 Å². The van der Waals surface area contributed by atoms with Gasteiger partial charge in [0.2, 0.25) is 0 Å². The van der Waals surface area contributed by atoms with E-state index in [9.17, 15) is 13.2 Å². The molecule has 3 atom stereocenters. The minimum Gasteiger partial charge on any atom is -0.316 e. The van der Waals surface area contributed by atoms with Crippen LogP contribution in [0.2, 0.25) is 0 Å². The molecular formula is C8H13ClF3N. The van der Waals surface area contributed by atoms with Crippen LogP contribution in [0.4, 0.5) is 13.2 Å². The molecule has 5 heteroatoms. The minimum absolute atomic E-state index is 0.462. The average Bonchev–Trinajstić information content (AvgIpc) is 2.01. The van der Waals surface area contributed by atoms with Crippen LogP contribution in [0.25, 0.3) is 0 Å². The van der Waals surface area contributed by atoms with Gasteiger partial charge in [0.25, 0.3) is 0 Å². The second-order valence-electron chi connectivity index (χ2n) is 3.41. The summed E-state index contributed by atoms with van der Waals surface area (Å²) in [5, 5.41) is 1.91. The van der Waals surface area contributed by atoms with Gasteiger partial charge in [-0.25, -0.2) is 0 Å². The number of rotatable bonds is 1. The van der Waals surface area contributed by atoms with E-state index in [-0.39, 0.29) is 0 Å². The molecule has 0 aromatic rings. The Bertz CT molecular complexity index is 171. The maximum absolute atomic E-state index is 12.5. The van der Waals surface area contributed by atoms with Crippen molar-refractivity contribution in [2.24, 2.45) is 5.92 Å². The Morgan fingerprint density at radius 1 is 1.31 bits per heavy atom. The first-order valence-corrected chi connectivity index (χ1v) is 4.78. The SMILES string of the molecule is CNC1CCCC(Cl)C1C(F)(F)F. The highest BCUT2D eigenvalue weighted by molar-refractivity contribution is 6.20. The van der Waals surface area contributed by atoms with Crippen LogP contribution in [0, 0.1) is 5.92 Å². The fourth-order valence-corrected chi connectivity index (χ4v) is 2.37. The van der Waals surface area contributed by atoms with E-state index >= 15 is 0 Å². The van der Waals surface area contributed by atoms with Crippen LogP contribution >= 0.6 is 11.6 Å². The fraction of sp³-hybridized carbons (Fsp3) is 1.00. The lowest BCUT2D eigenvalue weighted by molar-refractivity contribution is -0.187. The smallest absolute Gasteiger partial charge is 0.316 e. The minimum atomic E-state index is -4.18. The zero-order valence-electron chi connectivity index (χ0n) is 7.37. The van der Waals surface area contributed by atoms with E-state index in [1.807, 2.05) is 0 Å². The summed E-state index contributed by atoms with van der Waals surface area (Å²) in [7, 11) is 1.55. The largest absolute Gasteiger partial charge is 0.394 e. The van der Waals surface area contributed by atoms with E-state index in [4.69, 9.17) is 11.6 Å². The third-order valence-electron chi connectivity index (χ3n) is 2.57. The van der Waals surface area contributed by atoms with Gasteiger partial charge < -0.3 is 5.32 Å². The summed E-state index contributed by atoms with van der Waals surface area (Å²) in [6.45, 7) is 0. The highest BCUT2D eigenvalue weighted by Gasteiger charge is 2.49. The molecule has 1 N–H and O–H groups in total. The molecule has 0 amide bonds. The van der Waals surface area contributed by atoms with Gasteiger partial charge in [-0.05, 0) is 19.9 Å². The van der Waals surface area contributed by atoms with Crippen LogP contribution in [-0.4, -0.2) is 24.6 Å². The highest BCUT2D eigenvalue weighted by atomic mass is 35.5. The molecule has 0 heterocycles. The van der Waals surface area contributed by atoms with E-state index < -0.39 is 23.5 Å². The van der Waals surface area contributed by atoms with Crippen molar-refractivity contribution in [1.82, 2.24) is 5.32 Å². The van der Waals surface area contributed by atoms with Gasteiger partial charge in [0.15, 0.2) is 0 Å². The third-order valence-corrected chi connectivity index (χ3v) is 3.06. The Balaban J connectivity index is 2.73. The Morgan fingerprint density at radius 2 is 1.92 bits per heavy atom. The van der Waals surface area contributed by atoms with Gasteiger partial charge in [0, 0.05) is 11.4 Å². The summed E-state index contributed by atoms with van der Waals surface area (Å²) in [6.07, 6.45) is -2.39. The molecule has 1 nitrogen and oxygen atoms in total. The normalized spacial score (nSPS) is 36.2. The predicted octanol–water partition coefficient (Wildman–Crippen LogP) is 2.54. The Hall–Kier alpha value is 0.0400. The molecule has 0 aliphatic heterocycles. The molecule has 78 valence electrons. The molecular weight excluding hydrogens is 203 g/mol. The van der Waals surface area contributed by atoms with Gasteiger partial charge in [-0.1, -0.05) is 6.42 Å². The molecule has 13 heavy (non-hydrogen) atoms. The van der Waals surface area contributed by atoms with Crippen LogP contribution in [-0.2, 0) is 0 Å². The Labute approximate surface area is 80.6 Å². The van der Waals surface area contributed by atoms with Gasteiger partial charge in [0.05, 0.1) is 5.92 Å². The number of hydrogen-bond donors (Lipinski definition) is 1. The number of nitrogens with one attached hydrogen (secondary N) is 1. The molecule has 1 aliphatic rings. The van der Waals surface area contributed by atoms with Crippen LogP contribution in [0.5, 0.6) is 0 Å². The molecule has 1 aliphatic carbocycles. The summed E-state index contributed by atoms with van der Waals surface area (Å²) >= 11 is 5.68. The first-order chi connectivity index (χ1) is 5.96. The summed E-state index contributed by atoms with van der Waals surface area (Å²) in [6, 6.07) is -0.517. The topological polar surface area (TPSA) is 12.0 Å². The highest BCUT2D eigenvalue weighted by Crippen LogP contribution is 2.40. The van der Waals surface area contributed by atoms with Crippen molar-refractivity contribution < 1.29 is 13.2 Å². The van der Waals surface area contributed by atoms with E-state index in [1.54, 1.807) is 7.05 Å². The standard InChI is InChI=1S/C8H13ClF3N/c1-13-6-4-2-3-5(9)7(6)8(10,11)12/h5-7,13H,2-4H2,1H3. The summed E-state index contributed by atoms with van der Waals surface area (Å²) in [4.78, 5) is 0.